The predicted octanol–water partition coefficient (Wildman–Crippen LogP) is 3.63. The second kappa shape index (κ2) is 16.5. The molecule has 1 atom stereocenters. The van der Waals surface area contributed by atoms with Gasteiger partial charge in [-0.2, -0.15) is 0 Å². The fourth-order valence-corrected chi connectivity index (χ4v) is 3.24. The van der Waals surface area contributed by atoms with Gasteiger partial charge in [0.25, 0.3) is 0 Å². The van der Waals surface area contributed by atoms with E-state index in [1.54, 1.807) is 20.8 Å². The molecule has 0 aliphatic heterocycles. The summed E-state index contributed by atoms with van der Waals surface area (Å²) in [5.74, 6) is -0.452. The molecular weight excluding hydrogens is 504 g/mol. The summed E-state index contributed by atoms with van der Waals surface area (Å²) in [4.78, 5) is 48.8. The molecule has 212 valence electrons. The van der Waals surface area contributed by atoms with Crippen LogP contribution in [0.25, 0.3) is 0 Å². The summed E-state index contributed by atoms with van der Waals surface area (Å²) in [5, 5.41) is 10.4. The average Bonchev–Trinajstić information content (AvgIpc) is 2.90. The zero-order chi connectivity index (χ0) is 28.5. The molecule has 4 amide bonds. The van der Waals surface area contributed by atoms with Crippen LogP contribution < -0.4 is 21.3 Å². The lowest BCUT2D eigenvalue weighted by molar-refractivity contribution is -0.123. The number of hydrogen-bond acceptors (Lipinski definition) is 7. The van der Waals surface area contributed by atoms with Gasteiger partial charge >= 0.3 is 18.3 Å². The van der Waals surface area contributed by atoms with Crippen molar-refractivity contribution in [3.05, 3.63) is 71.8 Å². The zero-order valence-corrected chi connectivity index (χ0v) is 22.7. The fourth-order valence-electron chi connectivity index (χ4n) is 3.24. The summed E-state index contributed by atoms with van der Waals surface area (Å²) < 4.78 is 15.6. The van der Waals surface area contributed by atoms with Gasteiger partial charge in [-0.05, 0) is 44.7 Å². The molecule has 0 fully saturated rings. The molecule has 0 aliphatic rings. The Morgan fingerprint density at radius 1 is 0.692 bits per heavy atom. The number of ether oxygens (including phenoxy) is 3. The second-order valence-corrected chi connectivity index (χ2v) is 9.61. The van der Waals surface area contributed by atoms with Crippen LogP contribution in [0.15, 0.2) is 60.7 Å². The third-order valence-electron chi connectivity index (χ3n) is 5.07. The number of amides is 4. The highest BCUT2D eigenvalue weighted by Crippen LogP contribution is 2.08. The number of alkyl carbamates (subject to hydrolysis) is 3. The Bertz CT molecular complexity index is 1040. The molecule has 0 aliphatic carbocycles. The van der Waals surface area contributed by atoms with Crippen molar-refractivity contribution in [2.45, 2.75) is 58.5 Å². The van der Waals surface area contributed by atoms with Crippen molar-refractivity contribution < 1.29 is 33.4 Å². The quantitative estimate of drug-likeness (QED) is 0.223. The smallest absolute Gasteiger partial charge is 0.408 e. The van der Waals surface area contributed by atoms with Crippen LogP contribution in [0.3, 0.4) is 0 Å². The van der Waals surface area contributed by atoms with Crippen molar-refractivity contribution in [2.75, 3.05) is 19.6 Å². The van der Waals surface area contributed by atoms with Crippen LogP contribution in [0.5, 0.6) is 0 Å². The first-order valence-electron chi connectivity index (χ1n) is 12.8. The van der Waals surface area contributed by atoms with Crippen LogP contribution in [0.4, 0.5) is 14.4 Å². The Labute approximate surface area is 229 Å². The first-order valence-corrected chi connectivity index (χ1v) is 12.8. The van der Waals surface area contributed by atoms with E-state index in [1.807, 2.05) is 60.7 Å². The maximum Gasteiger partial charge on any atom is 0.408 e. The number of carbonyl (C=O) groups is 4. The minimum Gasteiger partial charge on any atom is -0.445 e. The van der Waals surface area contributed by atoms with Crippen molar-refractivity contribution >= 4 is 24.2 Å². The van der Waals surface area contributed by atoms with Gasteiger partial charge < -0.3 is 35.5 Å². The van der Waals surface area contributed by atoms with Gasteiger partial charge in [0.2, 0.25) is 5.91 Å². The van der Waals surface area contributed by atoms with Gasteiger partial charge in [-0.25, -0.2) is 14.4 Å². The lowest BCUT2D eigenvalue weighted by atomic mass is 10.1. The summed E-state index contributed by atoms with van der Waals surface area (Å²) in [7, 11) is 0. The van der Waals surface area contributed by atoms with E-state index < -0.39 is 35.8 Å². The molecule has 0 saturated heterocycles. The van der Waals surface area contributed by atoms with Gasteiger partial charge in [-0.15, -0.1) is 0 Å². The highest BCUT2D eigenvalue weighted by molar-refractivity contribution is 5.85. The van der Waals surface area contributed by atoms with Crippen molar-refractivity contribution in [2.24, 2.45) is 0 Å². The molecule has 39 heavy (non-hydrogen) atoms. The molecule has 2 aromatic rings. The molecule has 0 aromatic heterocycles. The lowest BCUT2D eigenvalue weighted by Gasteiger charge is -2.23. The van der Waals surface area contributed by atoms with Gasteiger partial charge in [0.05, 0.1) is 0 Å². The minimum atomic E-state index is -0.910. The van der Waals surface area contributed by atoms with Crippen molar-refractivity contribution in [3.8, 4) is 0 Å². The van der Waals surface area contributed by atoms with E-state index in [0.717, 1.165) is 11.1 Å². The molecule has 0 saturated carbocycles. The highest BCUT2D eigenvalue weighted by Gasteiger charge is 2.24. The Morgan fingerprint density at radius 2 is 1.18 bits per heavy atom. The van der Waals surface area contributed by atoms with Crippen LogP contribution in [-0.4, -0.2) is 55.5 Å². The largest absolute Gasteiger partial charge is 0.445 e. The molecule has 11 nitrogen and oxygen atoms in total. The van der Waals surface area contributed by atoms with Gasteiger partial charge in [-0.3, -0.25) is 4.79 Å². The van der Waals surface area contributed by atoms with Gasteiger partial charge in [0.15, 0.2) is 0 Å². The third-order valence-corrected chi connectivity index (χ3v) is 5.07. The average molecular weight is 543 g/mol. The van der Waals surface area contributed by atoms with E-state index in [9.17, 15) is 19.2 Å². The Morgan fingerprint density at radius 3 is 1.69 bits per heavy atom. The van der Waals surface area contributed by atoms with E-state index in [2.05, 4.69) is 21.3 Å². The Hall–Kier alpha value is -4.28. The summed E-state index contributed by atoms with van der Waals surface area (Å²) in [6.07, 6.45) is -1.30. The molecule has 4 N–H and O–H groups in total. The number of nitrogens with one attached hydrogen (secondary N) is 4. The van der Waals surface area contributed by atoms with E-state index in [1.165, 1.54) is 0 Å². The van der Waals surface area contributed by atoms with Crippen molar-refractivity contribution in [1.29, 1.82) is 0 Å². The molecule has 2 aromatic carbocycles. The topological polar surface area (TPSA) is 144 Å². The lowest BCUT2D eigenvalue weighted by Crippen LogP contribution is -2.49. The molecule has 11 heteroatoms. The summed E-state index contributed by atoms with van der Waals surface area (Å²) in [6, 6.07) is 17.6. The van der Waals surface area contributed by atoms with Gasteiger partial charge in [-0.1, -0.05) is 60.7 Å². The second-order valence-electron chi connectivity index (χ2n) is 9.61. The normalized spacial score (nSPS) is 11.5. The summed E-state index contributed by atoms with van der Waals surface area (Å²) in [5.41, 5.74) is 0.986. The Kier molecular flexibility index (Phi) is 13.1. The number of rotatable bonds is 13. The SMILES string of the molecule is CC(C)(C)OC(=O)N[C@@H](CCCNC(=O)OCc1ccccc1)C(=O)NCCNC(=O)OCc1ccccc1. The first kappa shape index (κ1) is 30.9. The number of benzene rings is 2. The highest BCUT2D eigenvalue weighted by atomic mass is 16.6. The van der Waals surface area contributed by atoms with Gasteiger partial charge in [0, 0.05) is 19.6 Å². The predicted molar refractivity (Wildman–Crippen MR) is 145 cm³/mol. The van der Waals surface area contributed by atoms with E-state index in [0.29, 0.717) is 6.42 Å². The molecule has 0 radical (unpaired) electrons. The number of hydrogen-bond donors (Lipinski definition) is 4. The molecule has 0 heterocycles. The fraction of sp³-hybridized carbons (Fsp3) is 0.429. The van der Waals surface area contributed by atoms with Crippen LogP contribution in [0.2, 0.25) is 0 Å². The van der Waals surface area contributed by atoms with Crippen LogP contribution >= 0.6 is 0 Å². The van der Waals surface area contributed by atoms with Crippen molar-refractivity contribution in [3.63, 3.8) is 0 Å². The van der Waals surface area contributed by atoms with Crippen LogP contribution in [0.1, 0.15) is 44.7 Å². The van der Waals surface area contributed by atoms with Crippen LogP contribution in [-0.2, 0) is 32.2 Å². The third kappa shape index (κ3) is 14.3. The minimum absolute atomic E-state index is 0.121. The van der Waals surface area contributed by atoms with E-state index in [-0.39, 0.29) is 39.3 Å². The standard InChI is InChI=1S/C28H38N4O7/c1-28(2,3)39-27(36)32-23(15-10-16-30-25(34)37-19-21-11-6-4-7-12-21)24(33)29-17-18-31-26(35)38-20-22-13-8-5-9-14-22/h4-9,11-14,23H,10,15-20H2,1-3H3,(H,29,33)(H,30,34)(H,31,35)(H,32,36)/t23-/m0/s1. The molecule has 0 bridgehead atoms. The molecule has 0 unspecified atom stereocenters. The molecule has 0 spiro atoms. The Balaban J connectivity index is 1.73. The van der Waals surface area contributed by atoms with E-state index in [4.69, 9.17) is 14.2 Å². The van der Waals surface area contributed by atoms with E-state index >= 15 is 0 Å². The van der Waals surface area contributed by atoms with Crippen LogP contribution in [0, 0.1) is 0 Å². The number of carbonyl (C=O) groups excluding carboxylic acids is 4. The summed E-state index contributed by atoms with van der Waals surface area (Å²) >= 11 is 0. The zero-order valence-electron chi connectivity index (χ0n) is 22.7. The first-order chi connectivity index (χ1) is 18.6. The van der Waals surface area contributed by atoms with Crippen molar-refractivity contribution in [1.82, 2.24) is 21.3 Å². The van der Waals surface area contributed by atoms with Gasteiger partial charge in [0.1, 0.15) is 24.9 Å². The maximum absolute atomic E-state index is 12.7. The maximum atomic E-state index is 12.7. The monoisotopic (exact) mass is 542 g/mol. The molecule has 2 rings (SSSR count). The molecular formula is C28H38N4O7. The summed E-state index contributed by atoms with van der Waals surface area (Å²) in [6.45, 7) is 5.92.